The number of rotatable bonds is 1. The quantitative estimate of drug-likeness (QED) is 0.600. The number of amides is 4. The van der Waals surface area contributed by atoms with Gasteiger partial charge in [0.25, 0.3) is 0 Å². The molecule has 5 aliphatic rings. The molecule has 0 unspecified atom stereocenters. The SMILES string of the molecule is COC1=CC2(C)[C@H]3C(=O)NC(=O)[C@H]3C1[C@@H]1C(=O)NC(=O)[C@@H]12. The molecule has 1 saturated carbocycles. The number of methoxy groups -OCH3 is 1. The third-order valence-electron chi connectivity index (χ3n) is 5.51. The van der Waals surface area contributed by atoms with Gasteiger partial charge in [-0.3, -0.25) is 29.8 Å². The van der Waals surface area contributed by atoms with Crippen molar-refractivity contribution in [3.05, 3.63) is 11.8 Å². The Bertz CT molecular complexity index is 610. The maximum Gasteiger partial charge on any atom is 0.231 e. The average Bonchev–Trinajstić information content (AvgIpc) is 2.89. The number of allylic oxidation sites excluding steroid dienone is 2. The Morgan fingerprint density at radius 1 is 0.905 bits per heavy atom. The summed E-state index contributed by atoms with van der Waals surface area (Å²) < 4.78 is 5.35. The molecule has 0 aromatic carbocycles. The number of carbonyl (C=O) groups is 4. The van der Waals surface area contributed by atoms with Crippen molar-refractivity contribution in [2.24, 2.45) is 35.0 Å². The van der Waals surface area contributed by atoms with Gasteiger partial charge in [-0.2, -0.15) is 0 Å². The van der Waals surface area contributed by atoms with E-state index in [1.165, 1.54) is 7.11 Å². The summed E-state index contributed by atoms with van der Waals surface area (Å²) in [6, 6.07) is 0. The van der Waals surface area contributed by atoms with E-state index in [2.05, 4.69) is 10.6 Å². The normalized spacial score (nSPS) is 46.8. The monoisotopic (exact) mass is 290 g/mol. The molecular formula is C14H14N2O5. The van der Waals surface area contributed by atoms with Gasteiger partial charge in [0.05, 0.1) is 36.5 Å². The van der Waals surface area contributed by atoms with Gasteiger partial charge in [-0.15, -0.1) is 0 Å². The van der Waals surface area contributed by atoms with Gasteiger partial charge in [-0.1, -0.05) is 6.92 Å². The zero-order valence-corrected chi connectivity index (χ0v) is 11.5. The van der Waals surface area contributed by atoms with Crippen LogP contribution in [0.4, 0.5) is 0 Å². The molecule has 0 aromatic heterocycles. The van der Waals surface area contributed by atoms with Gasteiger partial charge in [-0.25, -0.2) is 0 Å². The van der Waals surface area contributed by atoms with Gasteiger partial charge in [0, 0.05) is 11.3 Å². The lowest BCUT2D eigenvalue weighted by Gasteiger charge is -2.53. The molecule has 2 N–H and O–H groups in total. The van der Waals surface area contributed by atoms with E-state index in [1.54, 1.807) is 13.0 Å². The molecule has 4 atom stereocenters. The van der Waals surface area contributed by atoms with Crippen LogP contribution >= 0.6 is 0 Å². The Hall–Kier alpha value is -2.18. The van der Waals surface area contributed by atoms with E-state index >= 15 is 0 Å². The van der Waals surface area contributed by atoms with E-state index in [0.717, 1.165) is 0 Å². The van der Waals surface area contributed by atoms with Crippen molar-refractivity contribution < 1.29 is 23.9 Å². The maximum absolute atomic E-state index is 12.2. The minimum atomic E-state index is -0.887. The summed E-state index contributed by atoms with van der Waals surface area (Å²) >= 11 is 0. The second-order valence-corrected chi connectivity index (χ2v) is 6.36. The first-order valence-corrected chi connectivity index (χ1v) is 6.86. The Balaban J connectivity index is 1.98. The fraction of sp³-hybridized carbons (Fsp3) is 0.571. The largest absolute Gasteiger partial charge is 0.501 e. The van der Waals surface area contributed by atoms with Crippen molar-refractivity contribution in [3.63, 3.8) is 0 Å². The highest BCUT2D eigenvalue weighted by molar-refractivity contribution is 6.11. The van der Waals surface area contributed by atoms with Crippen LogP contribution in [0.5, 0.6) is 0 Å². The standard InChI is InChI=1S/C14H14N2O5/c1-14-3-4(21-2)5(6-8(14)12(19)15-10(6)17)7-9(14)13(20)16-11(7)18/h3,5-9H,1-2H3,(H,15,17,19)(H,16,18,20)/t5?,6-,7-,8+,9+,14?/m0/s1. The van der Waals surface area contributed by atoms with Crippen LogP contribution in [-0.2, 0) is 23.9 Å². The first kappa shape index (κ1) is 12.6. The van der Waals surface area contributed by atoms with Crippen molar-refractivity contribution in [1.29, 1.82) is 0 Å². The molecule has 110 valence electrons. The topological polar surface area (TPSA) is 102 Å². The molecule has 0 spiro atoms. The van der Waals surface area contributed by atoms with Crippen LogP contribution in [0.1, 0.15) is 6.92 Å². The lowest BCUT2D eigenvalue weighted by molar-refractivity contribution is -0.149. The Morgan fingerprint density at radius 2 is 1.38 bits per heavy atom. The summed E-state index contributed by atoms with van der Waals surface area (Å²) in [5.74, 6) is -4.04. The Labute approximate surface area is 120 Å². The third kappa shape index (κ3) is 1.21. The number of imide groups is 2. The highest BCUT2D eigenvalue weighted by Crippen LogP contribution is 2.63. The molecule has 0 aromatic rings. The number of carbonyl (C=O) groups excluding carboxylic acids is 4. The van der Waals surface area contributed by atoms with Gasteiger partial charge >= 0.3 is 0 Å². The fourth-order valence-corrected chi connectivity index (χ4v) is 4.82. The van der Waals surface area contributed by atoms with Crippen molar-refractivity contribution in [3.8, 4) is 0 Å². The molecule has 2 heterocycles. The summed E-state index contributed by atoms with van der Waals surface area (Å²) in [6.45, 7) is 1.76. The van der Waals surface area contributed by atoms with Gasteiger partial charge in [-0.05, 0) is 6.08 Å². The minimum Gasteiger partial charge on any atom is -0.501 e. The predicted molar refractivity (Wildman–Crippen MR) is 66.9 cm³/mol. The smallest absolute Gasteiger partial charge is 0.231 e. The molecule has 2 saturated heterocycles. The summed E-state index contributed by atoms with van der Waals surface area (Å²) in [5.41, 5.74) is -0.887. The average molecular weight is 290 g/mol. The highest BCUT2D eigenvalue weighted by atomic mass is 16.5. The lowest BCUT2D eigenvalue weighted by atomic mass is 9.47. The second kappa shape index (κ2) is 3.52. The van der Waals surface area contributed by atoms with E-state index < -0.39 is 35.0 Å². The van der Waals surface area contributed by atoms with Crippen LogP contribution in [0.2, 0.25) is 0 Å². The molecule has 4 amide bonds. The van der Waals surface area contributed by atoms with Crippen molar-refractivity contribution >= 4 is 23.6 Å². The molecule has 2 aliphatic heterocycles. The van der Waals surface area contributed by atoms with E-state index in [0.29, 0.717) is 5.76 Å². The van der Waals surface area contributed by atoms with Crippen LogP contribution in [-0.4, -0.2) is 30.7 Å². The number of hydrogen-bond acceptors (Lipinski definition) is 5. The van der Waals surface area contributed by atoms with Gasteiger partial charge in [0.2, 0.25) is 23.6 Å². The first-order chi connectivity index (χ1) is 9.90. The number of hydrogen-bond donors (Lipinski definition) is 2. The van der Waals surface area contributed by atoms with Crippen molar-refractivity contribution in [2.45, 2.75) is 6.92 Å². The van der Waals surface area contributed by atoms with Crippen LogP contribution < -0.4 is 10.6 Å². The molecule has 7 nitrogen and oxygen atoms in total. The van der Waals surface area contributed by atoms with E-state index in [1.807, 2.05) is 0 Å². The minimum absolute atomic E-state index is 0.366. The number of ether oxygens (including phenoxy) is 1. The molecular weight excluding hydrogens is 276 g/mol. The summed E-state index contributed by atoms with van der Waals surface area (Å²) in [7, 11) is 1.48. The van der Waals surface area contributed by atoms with Gasteiger partial charge in [0.15, 0.2) is 0 Å². The van der Waals surface area contributed by atoms with E-state index in [-0.39, 0.29) is 23.6 Å². The van der Waals surface area contributed by atoms with Crippen molar-refractivity contribution in [1.82, 2.24) is 10.6 Å². The van der Waals surface area contributed by atoms with E-state index in [9.17, 15) is 19.2 Å². The van der Waals surface area contributed by atoms with Crippen LogP contribution in [0, 0.1) is 35.0 Å². The van der Waals surface area contributed by atoms with Gasteiger partial charge < -0.3 is 4.74 Å². The predicted octanol–water partition coefficient (Wildman–Crippen LogP) is -1.06. The Kier molecular flexibility index (Phi) is 2.11. The van der Waals surface area contributed by atoms with Gasteiger partial charge in [0.1, 0.15) is 0 Å². The summed E-state index contributed by atoms with van der Waals surface area (Å²) in [4.78, 5) is 48.7. The molecule has 3 fully saturated rings. The zero-order chi connectivity index (χ0) is 15.1. The lowest BCUT2D eigenvalue weighted by Crippen LogP contribution is -2.58. The molecule has 5 rings (SSSR count). The van der Waals surface area contributed by atoms with Crippen molar-refractivity contribution in [2.75, 3.05) is 7.11 Å². The first-order valence-electron chi connectivity index (χ1n) is 6.86. The fourth-order valence-electron chi connectivity index (χ4n) is 4.82. The van der Waals surface area contributed by atoms with Crippen LogP contribution in [0.15, 0.2) is 11.8 Å². The molecule has 2 bridgehead atoms. The highest BCUT2D eigenvalue weighted by Gasteiger charge is 2.72. The van der Waals surface area contributed by atoms with Crippen LogP contribution in [0.25, 0.3) is 0 Å². The zero-order valence-electron chi connectivity index (χ0n) is 11.5. The Morgan fingerprint density at radius 3 is 1.81 bits per heavy atom. The molecule has 3 aliphatic carbocycles. The van der Waals surface area contributed by atoms with E-state index in [4.69, 9.17) is 4.74 Å². The molecule has 0 radical (unpaired) electrons. The molecule has 7 heteroatoms. The van der Waals surface area contributed by atoms with Crippen LogP contribution in [0.3, 0.4) is 0 Å². The summed E-state index contributed by atoms with van der Waals surface area (Å²) in [6.07, 6.45) is 1.76. The molecule has 21 heavy (non-hydrogen) atoms. The number of nitrogens with one attached hydrogen (secondary N) is 2. The second-order valence-electron chi connectivity index (χ2n) is 6.36. The maximum atomic E-state index is 12.2. The summed E-state index contributed by atoms with van der Waals surface area (Å²) in [5, 5.41) is 4.68. The third-order valence-corrected chi connectivity index (χ3v) is 5.51.